The van der Waals surface area contributed by atoms with Crippen LogP contribution in [0.4, 0.5) is 20.6 Å². The number of primary amides is 1. The van der Waals surface area contributed by atoms with Crippen molar-refractivity contribution >= 4 is 23.3 Å². The maximum atomic E-state index is 13.4. The van der Waals surface area contributed by atoms with Gasteiger partial charge in [-0.2, -0.15) is 0 Å². The van der Waals surface area contributed by atoms with Crippen molar-refractivity contribution in [3.63, 3.8) is 0 Å². The summed E-state index contributed by atoms with van der Waals surface area (Å²) in [4.78, 5) is 22.8. The molecule has 0 saturated heterocycles. The fourth-order valence-corrected chi connectivity index (χ4v) is 1.75. The van der Waals surface area contributed by atoms with Crippen LogP contribution in [0.1, 0.15) is 15.9 Å². The van der Waals surface area contributed by atoms with Crippen LogP contribution in [-0.2, 0) is 0 Å². The molecular formula is C15H14FN3O2. The minimum Gasteiger partial charge on any atom is -0.366 e. The standard InChI is InChI=1S/C15H14FN3O2/c1-9-12(16)3-2-4-13(9)19-15(21)18-11-7-5-10(6-8-11)14(17)20/h2-8H,1H3,(H2,17,20)(H2,18,19,21). The Bertz CT molecular complexity index is 684. The van der Waals surface area contributed by atoms with Gasteiger partial charge in [-0.1, -0.05) is 6.07 Å². The van der Waals surface area contributed by atoms with E-state index in [4.69, 9.17) is 5.73 Å². The molecule has 5 nitrogen and oxygen atoms in total. The number of nitrogens with one attached hydrogen (secondary N) is 2. The molecule has 0 radical (unpaired) electrons. The summed E-state index contributed by atoms with van der Waals surface area (Å²) in [6.45, 7) is 1.58. The van der Waals surface area contributed by atoms with Gasteiger partial charge in [-0.15, -0.1) is 0 Å². The second-order valence-corrected chi connectivity index (χ2v) is 4.43. The maximum Gasteiger partial charge on any atom is 0.323 e. The summed E-state index contributed by atoms with van der Waals surface area (Å²) in [5.74, 6) is -0.931. The third kappa shape index (κ3) is 3.56. The molecule has 2 rings (SSSR count). The number of hydrogen-bond acceptors (Lipinski definition) is 2. The molecule has 0 spiro atoms. The van der Waals surface area contributed by atoms with Crippen molar-refractivity contribution < 1.29 is 14.0 Å². The van der Waals surface area contributed by atoms with Gasteiger partial charge < -0.3 is 16.4 Å². The van der Waals surface area contributed by atoms with E-state index in [1.807, 2.05) is 0 Å². The van der Waals surface area contributed by atoms with Gasteiger partial charge in [0.15, 0.2) is 0 Å². The van der Waals surface area contributed by atoms with Crippen LogP contribution >= 0.6 is 0 Å². The van der Waals surface area contributed by atoms with Crippen molar-refractivity contribution in [3.8, 4) is 0 Å². The Morgan fingerprint density at radius 3 is 2.33 bits per heavy atom. The molecule has 0 heterocycles. The normalized spacial score (nSPS) is 10.0. The number of nitrogens with two attached hydrogens (primary N) is 1. The third-order valence-electron chi connectivity index (χ3n) is 2.94. The highest BCUT2D eigenvalue weighted by molar-refractivity contribution is 6.00. The molecule has 0 bridgehead atoms. The van der Waals surface area contributed by atoms with Gasteiger partial charge in [0.2, 0.25) is 5.91 Å². The van der Waals surface area contributed by atoms with Crippen LogP contribution in [0.5, 0.6) is 0 Å². The molecule has 0 unspecified atom stereocenters. The summed E-state index contributed by atoms with van der Waals surface area (Å²) in [6, 6.07) is 10.1. The third-order valence-corrected chi connectivity index (χ3v) is 2.94. The number of urea groups is 1. The number of hydrogen-bond donors (Lipinski definition) is 3. The van der Waals surface area contributed by atoms with E-state index in [1.165, 1.54) is 24.3 Å². The predicted molar refractivity (Wildman–Crippen MR) is 78.7 cm³/mol. The number of amides is 3. The van der Waals surface area contributed by atoms with Gasteiger partial charge in [0.25, 0.3) is 0 Å². The highest BCUT2D eigenvalue weighted by atomic mass is 19.1. The minimum atomic E-state index is -0.540. The van der Waals surface area contributed by atoms with Crippen molar-refractivity contribution in [3.05, 3.63) is 59.4 Å². The molecule has 2 aromatic carbocycles. The van der Waals surface area contributed by atoms with Crippen LogP contribution in [0.2, 0.25) is 0 Å². The second-order valence-electron chi connectivity index (χ2n) is 4.43. The van der Waals surface area contributed by atoms with Crippen molar-refractivity contribution in [1.29, 1.82) is 0 Å². The first kappa shape index (κ1) is 14.5. The molecule has 3 amide bonds. The molecule has 21 heavy (non-hydrogen) atoms. The lowest BCUT2D eigenvalue weighted by Crippen LogP contribution is -2.20. The van der Waals surface area contributed by atoms with Crippen LogP contribution in [0.15, 0.2) is 42.5 Å². The van der Waals surface area contributed by atoms with Crippen molar-refractivity contribution in [2.24, 2.45) is 5.73 Å². The van der Waals surface area contributed by atoms with Gasteiger partial charge in [0.05, 0.1) is 0 Å². The van der Waals surface area contributed by atoms with E-state index in [9.17, 15) is 14.0 Å². The molecule has 0 aromatic heterocycles. The minimum absolute atomic E-state index is 0.349. The van der Waals surface area contributed by atoms with Crippen molar-refractivity contribution in [2.75, 3.05) is 10.6 Å². The fourth-order valence-electron chi connectivity index (χ4n) is 1.75. The van der Waals surface area contributed by atoms with Gasteiger partial charge in [-0.05, 0) is 43.3 Å². The Morgan fingerprint density at radius 1 is 1.05 bits per heavy atom. The van der Waals surface area contributed by atoms with Gasteiger partial charge in [-0.3, -0.25) is 4.79 Å². The summed E-state index contributed by atoms with van der Waals surface area (Å²) < 4.78 is 13.4. The SMILES string of the molecule is Cc1c(F)cccc1NC(=O)Nc1ccc(C(N)=O)cc1. The monoisotopic (exact) mass is 287 g/mol. The van der Waals surface area contributed by atoms with Crippen LogP contribution in [0, 0.1) is 12.7 Å². The van der Waals surface area contributed by atoms with E-state index in [0.29, 0.717) is 22.5 Å². The molecule has 4 N–H and O–H groups in total. The smallest absolute Gasteiger partial charge is 0.323 e. The summed E-state index contributed by atoms with van der Waals surface area (Å²) in [7, 11) is 0. The Kier molecular flexibility index (Phi) is 4.18. The zero-order valence-electron chi connectivity index (χ0n) is 11.3. The molecule has 6 heteroatoms. The first-order chi connectivity index (χ1) is 9.97. The molecule has 0 atom stereocenters. The van der Waals surface area contributed by atoms with Crippen LogP contribution in [0.3, 0.4) is 0 Å². The van der Waals surface area contributed by atoms with Gasteiger partial charge in [0.1, 0.15) is 5.82 Å². The average Bonchev–Trinajstić information content (AvgIpc) is 2.44. The molecule has 2 aromatic rings. The van der Waals surface area contributed by atoms with Gasteiger partial charge in [-0.25, -0.2) is 9.18 Å². The number of carbonyl (C=O) groups excluding carboxylic acids is 2. The molecule has 0 aliphatic heterocycles. The zero-order chi connectivity index (χ0) is 15.4. The fraction of sp³-hybridized carbons (Fsp3) is 0.0667. The first-order valence-corrected chi connectivity index (χ1v) is 6.20. The highest BCUT2D eigenvalue weighted by Gasteiger charge is 2.08. The van der Waals surface area contributed by atoms with Gasteiger partial charge in [0, 0.05) is 22.5 Å². The zero-order valence-corrected chi connectivity index (χ0v) is 11.3. The number of carbonyl (C=O) groups is 2. The van der Waals surface area contributed by atoms with E-state index >= 15 is 0 Å². The topological polar surface area (TPSA) is 84.2 Å². The quantitative estimate of drug-likeness (QED) is 0.811. The second kappa shape index (κ2) is 6.04. The summed E-state index contributed by atoms with van der Waals surface area (Å²) >= 11 is 0. The van der Waals surface area contributed by atoms with Crippen LogP contribution in [0.25, 0.3) is 0 Å². The van der Waals surface area contributed by atoms with Crippen LogP contribution in [-0.4, -0.2) is 11.9 Å². The lowest BCUT2D eigenvalue weighted by atomic mass is 10.2. The van der Waals surface area contributed by atoms with E-state index in [0.717, 1.165) is 0 Å². The molecule has 0 saturated carbocycles. The first-order valence-electron chi connectivity index (χ1n) is 6.20. The van der Waals surface area contributed by atoms with Crippen LogP contribution < -0.4 is 16.4 Å². The van der Waals surface area contributed by atoms with E-state index in [1.54, 1.807) is 25.1 Å². The number of benzene rings is 2. The molecule has 0 aliphatic carbocycles. The molecule has 108 valence electrons. The molecule has 0 aliphatic rings. The Morgan fingerprint density at radius 2 is 1.71 bits per heavy atom. The lowest BCUT2D eigenvalue weighted by Gasteiger charge is -2.10. The van der Waals surface area contributed by atoms with Gasteiger partial charge >= 0.3 is 6.03 Å². The van der Waals surface area contributed by atoms with E-state index < -0.39 is 17.8 Å². The lowest BCUT2D eigenvalue weighted by molar-refractivity contribution is 0.100. The summed E-state index contributed by atoms with van der Waals surface area (Å²) in [5.41, 5.74) is 6.71. The Balaban J connectivity index is 2.04. The molecule has 0 fully saturated rings. The van der Waals surface area contributed by atoms with E-state index in [-0.39, 0.29) is 0 Å². The maximum absolute atomic E-state index is 13.4. The Hall–Kier alpha value is -2.89. The number of anilines is 2. The van der Waals surface area contributed by atoms with Crippen molar-refractivity contribution in [1.82, 2.24) is 0 Å². The number of halogens is 1. The summed E-state index contributed by atoms with van der Waals surface area (Å²) in [6.07, 6.45) is 0. The predicted octanol–water partition coefficient (Wildman–Crippen LogP) is 2.88. The summed E-state index contributed by atoms with van der Waals surface area (Å²) in [5, 5.41) is 5.13. The molecular weight excluding hydrogens is 273 g/mol. The van der Waals surface area contributed by atoms with Crippen molar-refractivity contribution in [2.45, 2.75) is 6.92 Å². The number of rotatable bonds is 3. The van der Waals surface area contributed by atoms with E-state index in [2.05, 4.69) is 10.6 Å². The largest absolute Gasteiger partial charge is 0.366 e. The average molecular weight is 287 g/mol. The Labute approximate surface area is 121 Å². The highest BCUT2D eigenvalue weighted by Crippen LogP contribution is 2.18.